The Morgan fingerprint density at radius 1 is 0.755 bits per heavy atom. The number of benzene rings is 4. The number of hydrogen-bond acceptors (Lipinski definition) is 4. The third-order valence-electron chi connectivity index (χ3n) is 8.94. The van der Waals surface area contributed by atoms with Crippen molar-refractivity contribution in [3.8, 4) is 34.1 Å². The third-order valence-corrected chi connectivity index (χ3v) is 8.94. The van der Waals surface area contributed by atoms with Gasteiger partial charge in [0.15, 0.2) is 0 Å². The summed E-state index contributed by atoms with van der Waals surface area (Å²) in [6, 6.07) is 34.1. The predicted octanol–water partition coefficient (Wildman–Crippen LogP) is 10.0. The van der Waals surface area contributed by atoms with E-state index in [-0.39, 0.29) is 26.5 Å². The zero-order valence-corrected chi connectivity index (χ0v) is 31.8. The first-order valence-electron chi connectivity index (χ1n) is 16.4. The SMILES string of the molecule is Cc1ccnc(-n2c3[c-]c(Oc4[c-]c(-n5nc(C)c(-c6c(C)cc(N(C)C)cc6C)c5C(C)(C)C)ccc4)ccc3c3ccccc32)c1.[Pt+2]. The maximum absolute atomic E-state index is 6.49. The molecule has 0 aliphatic heterocycles. The molecule has 4 aromatic carbocycles. The van der Waals surface area contributed by atoms with Gasteiger partial charge in [0.2, 0.25) is 0 Å². The molecule has 0 amide bonds. The van der Waals surface area contributed by atoms with Gasteiger partial charge in [-0.15, -0.1) is 35.7 Å². The fourth-order valence-corrected chi connectivity index (χ4v) is 6.84. The molecule has 0 spiro atoms. The van der Waals surface area contributed by atoms with Gasteiger partial charge in [0.1, 0.15) is 5.82 Å². The maximum Gasteiger partial charge on any atom is 2.00 e. The summed E-state index contributed by atoms with van der Waals surface area (Å²) in [7, 11) is 4.17. The molecule has 3 aromatic heterocycles. The van der Waals surface area contributed by atoms with E-state index < -0.39 is 0 Å². The van der Waals surface area contributed by atoms with E-state index in [0.29, 0.717) is 11.5 Å². The summed E-state index contributed by atoms with van der Waals surface area (Å²) in [6.07, 6.45) is 1.85. The Morgan fingerprint density at radius 3 is 2.16 bits per heavy atom. The van der Waals surface area contributed by atoms with Crippen molar-refractivity contribution in [2.45, 2.75) is 53.9 Å². The number of ether oxygens (including phenoxy) is 1. The fraction of sp³-hybridized carbons (Fsp3) is 0.238. The Bertz CT molecular complexity index is 2320. The Morgan fingerprint density at radius 2 is 1.47 bits per heavy atom. The Balaban J connectivity index is 0.00000417. The van der Waals surface area contributed by atoms with Gasteiger partial charge < -0.3 is 14.2 Å². The molecule has 7 heteroatoms. The van der Waals surface area contributed by atoms with E-state index in [1.165, 1.54) is 27.9 Å². The molecule has 0 saturated heterocycles. The van der Waals surface area contributed by atoms with Crippen LogP contribution in [-0.2, 0) is 26.5 Å². The molecule has 3 heterocycles. The fourth-order valence-electron chi connectivity index (χ4n) is 6.84. The average molecular weight is 827 g/mol. The van der Waals surface area contributed by atoms with Crippen molar-refractivity contribution in [1.82, 2.24) is 19.3 Å². The van der Waals surface area contributed by atoms with E-state index in [9.17, 15) is 0 Å². The van der Waals surface area contributed by atoms with Crippen LogP contribution in [0, 0.1) is 39.8 Å². The van der Waals surface area contributed by atoms with Gasteiger partial charge in [-0.2, -0.15) is 17.2 Å². The second-order valence-electron chi connectivity index (χ2n) is 14.0. The van der Waals surface area contributed by atoms with Crippen LogP contribution in [0.2, 0.25) is 0 Å². The van der Waals surface area contributed by atoms with E-state index in [1.54, 1.807) is 0 Å². The number of hydrogen-bond donors (Lipinski definition) is 0. The molecule has 0 N–H and O–H groups in total. The summed E-state index contributed by atoms with van der Waals surface area (Å²) in [4.78, 5) is 6.86. The van der Waals surface area contributed by atoms with E-state index >= 15 is 0 Å². The van der Waals surface area contributed by atoms with Crippen LogP contribution in [0.4, 0.5) is 5.69 Å². The average Bonchev–Trinajstić information content (AvgIpc) is 3.55. The van der Waals surface area contributed by atoms with Crippen LogP contribution in [0.15, 0.2) is 85.1 Å². The van der Waals surface area contributed by atoms with Crippen LogP contribution in [0.3, 0.4) is 0 Å². The molecule has 6 nitrogen and oxygen atoms in total. The monoisotopic (exact) mass is 826 g/mol. The van der Waals surface area contributed by atoms with Crippen LogP contribution < -0.4 is 9.64 Å². The van der Waals surface area contributed by atoms with Gasteiger partial charge in [-0.3, -0.25) is 4.68 Å². The number of aromatic nitrogens is 4. The first-order chi connectivity index (χ1) is 22.9. The largest absolute Gasteiger partial charge is 2.00 e. The molecular formula is C42H41N5OPt. The molecule has 0 aliphatic rings. The minimum absolute atomic E-state index is 0. The van der Waals surface area contributed by atoms with Crippen LogP contribution >= 0.6 is 0 Å². The summed E-state index contributed by atoms with van der Waals surface area (Å²) < 4.78 is 10.7. The molecule has 0 atom stereocenters. The number of fused-ring (bicyclic) bond motifs is 3. The summed E-state index contributed by atoms with van der Waals surface area (Å²) in [6.45, 7) is 15.3. The van der Waals surface area contributed by atoms with Gasteiger partial charge in [0, 0.05) is 54.0 Å². The van der Waals surface area contributed by atoms with Crippen molar-refractivity contribution in [2.75, 3.05) is 19.0 Å². The Hall–Kier alpha value is -4.67. The molecule has 0 fully saturated rings. The normalized spacial score (nSPS) is 11.6. The summed E-state index contributed by atoms with van der Waals surface area (Å²) in [5.74, 6) is 2.05. The van der Waals surface area contributed by atoms with Crippen molar-refractivity contribution >= 4 is 27.5 Å². The molecule has 250 valence electrons. The van der Waals surface area contributed by atoms with E-state index in [2.05, 4.69) is 133 Å². The molecule has 0 saturated carbocycles. The van der Waals surface area contributed by atoms with Crippen molar-refractivity contribution < 1.29 is 25.8 Å². The molecule has 0 radical (unpaired) electrons. The van der Waals surface area contributed by atoms with Crippen LogP contribution in [0.1, 0.15) is 48.8 Å². The van der Waals surface area contributed by atoms with E-state index in [0.717, 1.165) is 50.3 Å². The second-order valence-corrected chi connectivity index (χ2v) is 14.0. The van der Waals surface area contributed by atoms with E-state index in [1.807, 2.05) is 41.2 Å². The molecule has 0 unspecified atom stereocenters. The van der Waals surface area contributed by atoms with Gasteiger partial charge >= 0.3 is 21.1 Å². The van der Waals surface area contributed by atoms with Crippen LogP contribution in [-0.4, -0.2) is 33.4 Å². The van der Waals surface area contributed by atoms with Gasteiger partial charge in [-0.05, 0) is 91.4 Å². The van der Waals surface area contributed by atoms with Gasteiger partial charge in [0.05, 0.1) is 11.4 Å². The number of rotatable bonds is 6. The van der Waals surface area contributed by atoms with Crippen molar-refractivity contribution in [1.29, 1.82) is 0 Å². The number of aryl methyl sites for hydroxylation is 4. The zero-order valence-electron chi connectivity index (χ0n) is 29.5. The third kappa shape index (κ3) is 6.19. The van der Waals surface area contributed by atoms with Crippen LogP contribution in [0.5, 0.6) is 11.5 Å². The number of nitrogens with zero attached hydrogens (tertiary/aromatic N) is 5. The first kappa shape index (κ1) is 34.2. The standard InChI is InChI=1S/C42H41N5O.Pt/c1-26-19-20-43-38(21-26)46-36-16-11-10-15-34(36)35-18-17-33(25-37(35)46)48-32-14-12-13-30(24-32)47-41(42(5,6)7)40(29(4)44-47)39-27(2)22-31(45(8)9)23-28(39)3;/h10-23H,1-9H3;/q-2;+2. The number of pyridine rings is 1. The predicted molar refractivity (Wildman–Crippen MR) is 197 cm³/mol. The minimum Gasteiger partial charge on any atom is -0.509 e. The summed E-state index contributed by atoms with van der Waals surface area (Å²) in [5.41, 5.74) is 12.0. The minimum atomic E-state index is -0.198. The zero-order chi connectivity index (χ0) is 33.9. The van der Waals surface area contributed by atoms with E-state index in [4.69, 9.17) is 14.8 Å². The maximum atomic E-state index is 6.49. The summed E-state index contributed by atoms with van der Waals surface area (Å²) >= 11 is 0. The van der Waals surface area contributed by atoms with Crippen molar-refractivity contribution in [3.05, 3.63) is 125 Å². The molecule has 7 aromatic rings. The molecule has 0 bridgehead atoms. The number of para-hydroxylation sites is 1. The molecule has 7 rings (SSSR count). The van der Waals surface area contributed by atoms with Crippen molar-refractivity contribution in [2.24, 2.45) is 0 Å². The quantitative estimate of drug-likeness (QED) is 0.157. The first-order valence-corrected chi connectivity index (χ1v) is 16.4. The van der Waals surface area contributed by atoms with Crippen molar-refractivity contribution in [3.63, 3.8) is 0 Å². The van der Waals surface area contributed by atoms with Crippen LogP contribution in [0.25, 0.3) is 44.4 Å². The topological polar surface area (TPSA) is 48.1 Å². The second kappa shape index (κ2) is 13.0. The smallest absolute Gasteiger partial charge is 0.509 e. The molecule has 0 aliphatic carbocycles. The summed E-state index contributed by atoms with van der Waals surface area (Å²) in [5, 5.41) is 7.37. The molecular weight excluding hydrogens is 786 g/mol. The molecule has 49 heavy (non-hydrogen) atoms. The van der Waals surface area contributed by atoms with Gasteiger partial charge in [0.25, 0.3) is 0 Å². The Labute approximate surface area is 303 Å². The number of anilines is 1. The van der Waals surface area contributed by atoms with Gasteiger partial charge in [-0.1, -0.05) is 44.5 Å². The van der Waals surface area contributed by atoms with Gasteiger partial charge in [-0.25, -0.2) is 4.98 Å². The Kier molecular flexibility index (Phi) is 9.06.